The first-order valence-electron chi connectivity index (χ1n) is 5.31. The number of nitrogen functional groups attached to an aromatic ring is 1. The van der Waals surface area contributed by atoms with Crippen molar-refractivity contribution in [1.82, 2.24) is 19.6 Å². The summed E-state index contributed by atoms with van der Waals surface area (Å²) in [6.07, 6.45) is 1.12. The summed E-state index contributed by atoms with van der Waals surface area (Å²) < 4.78 is 39.4. The number of fused-ring (bicyclic) bond motifs is 1. The van der Waals surface area contributed by atoms with Crippen molar-refractivity contribution in [3.8, 4) is 11.5 Å². The van der Waals surface area contributed by atoms with Gasteiger partial charge in [-0.3, -0.25) is 0 Å². The Morgan fingerprint density at radius 2 is 2.06 bits per heavy atom. The van der Waals surface area contributed by atoms with E-state index in [0.717, 1.165) is 6.20 Å². The molecular formula is C10H12F3N5. The molecule has 0 aromatic rings. The first kappa shape index (κ1) is 12.6. The summed E-state index contributed by atoms with van der Waals surface area (Å²) in [5, 5.41) is 0. The lowest BCUT2D eigenvalue weighted by Gasteiger charge is -2.16. The number of hydrogen-bond acceptors (Lipinski definition) is 4. The molecule has 0 atom stereocenters. The minimum absolute atomic E-state index is 0.0301. The van der Waals surface area contributed by atoms with Crippen LogP contribution < -0.4 is 5.84 Å². The molecular weight excluding hydrogens is 247 g/mol. The van der Waals surface area contributed by atoms with Gasteiger partial charge in [0.1, 0.15) is 11.5 Å². The van der Waals surface area contributed by atoms with Crippen LogP contribution in [-0.2, 0) is 5.92 Å². The van der Waals surface area contributed by atoms with Crippen molar-refractivity contribution in [3.05, 3.63) is 17.8 Å². The molecule has 0 fully saturated rings. The van der Waals surface area contributed by atoms with Gasteiger partial charge in [0.05, 0.1) is 6.20 Å². The first-order chi connectivity index (χ1) is 8.36. The van der Waals surface area contributed by atoms with E-state index in [4.69, 9.17) is 5.84 Å². The van der Waals surface area contributed by atoms with Crippen LogP contribution in [0.1, 0.15) is 31.4 Å². The molecule has 98 valence electrons. The Balaban J connectivity index is 2.61. The molecule has 0 saturated heterocycles. The fourth-order valence-corrected chi connectivity index (χ4v) is 1.50. The van der Waals surface area contributed by atoms with Crippen LogP contribution in [0.5, 0.6) is 0 Å². The van der Waals surface area contributed by atoms with Crippen LogP contribution in [0.25, 0.3) is 11.5 Å². The molecule has 2 aliphatic heterocycles. The van der Waals surface area contributed by atoms with Gasteiger partial charge >= 0.3 is 5.92 Å². The molecule has 2 N–H and O–H groups in total. The second-order valence-electron chi connectivity index (χ2n) is 4.24. The summed E-state index contributed by atoms with van der Waals surface area (Å²) >= 11 is 0. The van der Waals surface area contributed by atoms with E-state index in [1.54, 1.807) is 0 Å². The molecule has 2 aliphatic rings. The topological polar surface area (TPSA) is 69.6 Å². The van der Waals surface area contributed by atoms with Crippen molar-refractivity contribution < 1.29 is 13.2 Å². The summed E-state index contributed by atoms with van der Waals surface area (Å²) in [5.74, 6) is 1.47. The largest absolute Gasteiger partial charge is 0.336 e. The number of halogens is 3. The summed E-state index contributed by atoms with van der Waals surface area (Å²) in [5.41, 5.74) is 0.305. The van der Waals surface area contributed by atoms with Gasteiger partial charge in [0.15, 0.2) is 12.5 Å². The minimum Gasteiger partial charge on any atom is -0.336 e. The molecule has 2 heterocycles. The number of nitrogens with zero attached hydrogens (tertiary/aromatic N) is 4. The Morgan fingerprint density at radius 1 is 1.39 bits per heavy atom. The van der Waals surface area contributed by atoms with Crippen molar-refractivity contribution in [1.29, 1.82) is 0 Å². The molecule has 0 amide bonds. The molecule has 0 aromatic heterocycles. The van der Waals surface area contributed by atoms with Gasteiger partial charge in [-0.1, -0.05) is 13.8 Å². The lowest BCUT2D eigenvalue weighted by atomic mass is 10.2. The van der Waals surface area contributed by atoms with Crippen molar-refractivity contribution in [2.45, 2.75) is 25.7 Å². The number of hydrogen-bond donors (Lipinski definition) is 1. The van der Waals surface area contributed by atoms with Gasteiger partial charge in [-0.05, 0) is 0 Å². The van der Waals surface area contributed by atoms with Crippen LogP contribution in [0.4, 0.5) is 13.2 Å². The molecule has 0 radical (unpaired) electrons. The number of rotatable bonds is 3. The Kier molecular flexibility index (Phi) is 2.88. The second kappa shape index (κ2) is 4.11. The summed E-state index contributed by atoms with van der Waals surface area (Å²) in [4.78, 5) is 11.6. The minimum atomic E-state index is -3.74. The Hall–Kier alpha value is -1.86. The van der Waals surface area contributed by atoms with Crippen molar-refractivity contribution in [2.75, 3.05) is 12.5 Å². The van der Waals surface area contributed by atoms with Gasteiger partial charge in [-0.2, -0.15) is 8.78 Å². The third-order valence-corrected chi connectivity index (χ3v) is 2.46. The Labute approximate surface area is 101 Å². The van der Waals surface area contributed by atoms with E-state index >= 15 is 0 Å². The van der Waals surface area contributed by atoms with Gasteiger partial charge in [0, 0.05) is 5.92 Å². The van der Waals surface area contributed by atoms with E-state index < -0.39 is 18.4 Å². The molecule has 2 rings (SSSR count). The van der Waals surface area contributed by atoms with Gasteiger partial charge < -0.3 is 5.84 Å². The summed E-state index contributed by atoms with van der Waals surface area (Å²) in [7, 11) is 0. The van der Waals surface area contributed by atoms with Gasteiger partial charge in [0.2, 0.25) is 5.82 Å². The highest BCUT2D eigenvalue weighted by Crippen LogP contribution is 2.29. The maximum absolute atomic E-state index is 13.3. The SMILES string of the molecule is CC(C)c1nc2cnc(C(F)(F)CF)n(N)c-2n1. The number of nitrogens with two attached hydrogens (primary N) is 1. The lowest BCUT2D eigenvalue weighted by Crippen LogP contribution is -2.30. The lowest BCUT2D eigenvalue weighted by molar-refractivity contribution is -0.0391. The molecule has 8 heteroatoms. The van der Waals surface area contributed by atoms with Gasteiger partial charge in [0.25, 0.3) is 0 Å². The van der Waals surface area contributed by atoms with Crippen molar-refractivity contribution in [2.24, 2.45) is 0 Å². The number of alkyl halides is 3. The standard InChI is InChI=1S/C10H12F3N5/c1-5(2)7-16-6-3-15-9(10(12,13)4-11)18(14)8(6)17-7/h3,5H,4,14H2,1-2H3. The highest BCUT2D eigenvalue weighted by Gasteiger charge is 2.38. The molecule has 0 aliphatic carbocycles. The van der Waals surface area contributed by atoms with E-state index in [0.29, 0.717) is 16.2 Å². The zero-order chi connectivity index (χ0) is 13.5. The van der Waals surface area contributed by atoms with Crippen LogP contribution in [-0.4, -0.2) is 26.3 Å². The van der Waals surface area contributed by atoms with Crippen LogP contribution in [0.15, 0.2) is 6.20 Å². The summed E-state index contributed by atoms with van der Waals surface area (Å²) in [6, 6.07) is 0. The van der Waals surface area contributed by atoms with Crippen molar-refractivity contribution >= 4 is 0 Å². The third kappa shape index (κ3) is 1.87. The summed E-state index contributed by atoms with van der Waals surface area (Å²) in [6.45, 7) is 1.85. The average molecular weight is 259 g/mol. The molecule has 5 nitrogen and oxygen atoms in total. The smallest absolute Gasteiger partial charge is 0.334 e. The maximum Gasteiger partial charge on any atom is 0.334 e. The quantitative estimate of drug-likeness (QED) is 0.851. The first-order valence-corrected chi connectivity index (χ1v) is 5.31. The van der Waals surface area contributed by atoms with Crippen molar-refractivity contribution in [3.63, 3.8) is 0 Å². The maximum atomic E-state index is 13.3. The zero-order valence-electron chi connectivity index (χ0n) is 9.86. The fraction of sp³-hybridized carbons (Fsp3) is 0.500. The zero-order valence-corrected chi connectivity index (χ0v) is 9.86. The second-order valence-corrected chi connectivity index (χ2v) is 4.24. The predicted molar refractivity (Wildman–Crippen MR) is 58.5 cm³/mol. The van der Waals surface area contributed by atoms with E-state index in [-0.39, 0.29) is 11.7 Å². The van der Waals surface area contributed by atoms with Crippen LogP contribution in [0.2, 0.25) is 0 Å². The molecule has 18 heavy (non-hydrogen) atoms. The molecule has 0 saturated carbocycles. The average Bonchev–Trinajstić information content (AvgIpc) is 2.74. The van der Waals surface area contributed by atoms with E-state index in [1.165, 1.54) is 0 Å². The fourth-order valence-electron chi connectivity index (χ4n) is 1.50. The highest BCUT2D eigenvalue weighted by molar-refractivity contribution is 5.51. The number of aromatic nitrogens is 4. The van der Waals surface area contributed by atoms with Gasteiger partial charge in [-0.15, -0.1) is 0 Å². The normalized spacial score (nSPS) is 12.6. The van der Waals surface area contributed by atoms with Crippen LogP contribution in [0, 0.1) is 0 Å². The molecule has 0 aromatic carbocycles. The Morgan fingerprint density at radius 3 is 2.61 bits per heavy atom. The van der Waals surface area contributed by atoms with E-state index in [9.17, 15) is 13.2 Å². The van der Waals surface area contributed by atoms with E-state index in [1.807, 2.05) is 13.8 Å². The Bertz CT molecular complexity index is 537. The van der Waals surface area contributed by atoms with Crippen LogP contribution >= 0.6 is 0 Å². The molecule has 0 spiro atoms. The molecule has 0 unspecified atom stereocenters. The van der Waals surface area contributed by atoms with Crippen LogP contribution in [0.3, 0.4) is 0 Å². The monoisotopic (exact) mass is 259 g/mol. The van der Waals surface area contributed by atoms with E-state index in [2.05, 4.69) is 15.0 Å². The number of imidazole rings is 1. The highest BCUT2D eigenvalue weighted by atomic mass is 19.3. The van der Waals surface area contributed by atoms with Gasteiger partial charge in [-0.25, -0.2) is 24.0 Å². The predicted octanol–water partition coefficient (Wildman–Crippen LogP) is 1.68. The molecule has 0 bridgehead atoms. The third-order valence-electron chi connectivity index (χ3n) is 2.46.